The monoisotopic (exact) mass is 903 g/mol. The summed E-state index contributed by atoms with van der Waals surface area (Å²) in [6.45, 7) is 14.8. The van der Waals surface area contributed by atoms with Gasteiger partial charge >= 0.3 is 0 Å². The van der Waals surface area contributed by atoms with Gasteiger partial charge in [-0.3, -0.25) is 0 Å². The van der Waals surface area contributed by atoms with E-state index < -0.39 is 0 Å². The smallest absolute Gasteiger partial charge is 0.0559 e. The van der Waals surface area contributed by atoms with Crippen LogP contribution in [0.4, 0.5) is 45.5 Å². The SMILES string of the molecule is CC1(C)c2cccc3c2N2c4c1cc(-c1ccc(N(c5ccccc5)C5C=CC=CC5)cc1)cc4C(C)(C)c1cc(-c4ccc(N(c5ccccc5)c5ccccc5)c5ccccc45)cc(c12)C3(C)C. The summed E-state index contributed by atoms with van der Waals surface area (Å²) in [6, 6.07) is 72.9. The Kier molecular flexibility index (Phi) is 9.39. The molecule has 4 aliphatic rings. The Morgan fingerprint density at radius 2 is 0.871 bits per heavy atom. The summed E-state index contributed by atoms with van der Waals surface area (Å²) in [7, 11) is 0. The van der Waals surface area contributed by atoms with Gasteiger partial charge in [0.05, 0.1) is 28.8 Å². The highest BCUT2D eigenvalue weighted by molar-refractivity contribution is 6.07. The fourth-order valence-electron chi connectivity index (χ4n) is 12.5. The van der Waals surface area contributed by atoms with Gasteiger partial charge in [-0.1, -0.05) is 181 Å². The van der Waals surface area contributed by atoms with Crippen LogP contribution in [0.2, 0.25) is 0 Å². The van der Waals surface area contributed by atoms with Crippen LogP contribution in [0.25, 0.3) is 33.0 Å². The van der Waals surface area contributed by atoms with Gasteiger partial charge in [-0.2, -0.15) is 0 Å². The Balaban J connectivity index is 0.997. The number of fused-ring (bicyclic) bond motifs is 1. The van der Waals surface area contributed by atoms with Crippen molar-refractivity contribution in [1.29, 1.82) is 0 Å². The molecule has 0 saturated heterocycles. The lowest BCUT2D eigenvalue weighted by Crippen LogP contribution is -2.43. The average molecular weight is 904 g/mol. The predicted molar refractivity (Wildman–Crippen MR) is 296 cm³/mol. The normalized spacial score (nSPS) is 17.0. The third kappa shape index (κ3) is 6.20. The van der Waals surface area contributed by atoms with Crippen LogP contribution < -0.4 is 14.7 Å². The molecule has 340 valence electrons. The predicted octanol–water partition coefficient (Wildman–Crippen LogP) is 18.1. The first kappa shape index (κ1) is 42.2. The molecule has 0 spiro atoms. The van der Waals surface area contributed by atoms with Crippen LogP contribution in [-0.4, -0.2) is 6.04 Å². The molecule has 9 aromatic carbocycles. The average Bonchev–Trinajstić information content (AvgIpc) is 3.39. The van der Waals surface area contributed by atoms with E-state index in [1.165, 1.54) is 94.8 Å². The van der Waals surface area contributed by atoms with Crippen molar-refractivity contribution >= 4 is 56.3 Å². The number of nitrogens with zero attached hydrogens (tertiary/aromatic N) is 3. The number of anilines is 8. The molecule has 1 unspecified atom stereocenters. The Bertz CT molecular complexity index is 3560. The molecule has 0 fully saturated rings. The maximum absolute atomic E-state index is 2.70. The van der Waals surface area contributed by atoms with Crippen LogP contribution >= 0.6 is 0 Å². The molecule has 0 N–H and O–H groups in total. The van der Waals surface area contributed by atoms with Gasteiger partial charge in [-0.25, -0.2) is 0 Å². The topological polar surface area (TPSA) is 9.72 Å². The van der Waals surface area contributed by atoms with E-state index in [1.807, 2.05) is 0 Å². The van der Waals surface area contributed by atoms with E-state index in [0.29, 0.717) is 0 Å². The zero-order chi connectivity index (χ0) is 47.5. The summed E-state index contributed by atoms with van der Waals surface area (Å²) in [6.07, 6.45) is 9.90. The largest absolute Gasteiger partial charge is 0.334 e. The van der Waals surface area contributed by atoms with Gasteiger partial charge in [0.1, 0.15) is 0 Å². The van der Waals surface area contributed by atoms with Crippen molar-refractivity contribution in [3.63, 3.8) is 0 Å². The van der Waals surface area contributed by atoms with E-state index >= 15 is 0 Å². The van der Waals surface area contributed by atoms with Crippen molar-refractivity contribution in [2.45, 2.75) is 70.3 Å². The highest BCUT2D eigenvalue weighted by atomic mass is 15.2. The summed E-state index contributed by atoms with van der Waals surface area (Å²) in [4.78, 5) is 7.57. The molecule has 70 heavy (non-hydrogen) atoms. The van der Waals surface area contributed by atoms with Gasteiger partial charge in [0, 0.05) is 44.4 Å². The summed E-state index contributed by atoms with van der Waals surface area (Å²) in [5.74, 6) is 0. The molecule has 0 amide bonds. The van der Waals surface area contributed by atoms with Crippen LogP contribution in [0.3, 0.4) is 0 Å². The minimum Gasteiger partial charge on any atom is -0.334 e. The maximum Gasteiger partial charge on any atom is 0.0559 e. The minimum atomic E-state index is -0.329. The molecule has 1 aliphatic carbocycles. The van der Waals surface area contributed by atoms with Crippen LogP contribution in [0.15, 0.2) is 218 Å². The molecule has 0 bridgehead atoms. The van der Waals surface area contributed by atoms with Gasteiger partial charge in [-0.05, 0) is 146 Å². The second-order valence-electron chi connectivity index (χ2n) is 21.3. The molecule has 0 aromatic heterocycles. The van der Waals surface area contributed by atoms with E-state index in [1.54, 1.807) is 0 Å². The van der Waals surface area contributed by atoms with Crippen molar-refractivity contribution in [3.05, 3.63) is 252 Å². The van der Waals surface area contributed by atoms with Gasteiger partial charge in [0.15, 0.2) is 0 Å². The first-order chi connectivity index (χ1) is 34.0. The molecule has 13 rings (SSSR count). The molecule has 3 aliphatic heterocycles. The Labute approximate surface area is 413 Å². The summed E-state index contributed by atoms with van der Waals surface area (Å²) < 4.78 is 0. The van der Waals surface area contributed by atoms with Gasteiger partial charge in [0.25, 0.3) is 0 Å². The molecule has 3 nitrogen and oxygen atoms in total. The maximum atomic E-state index is 2.70. The molecule has 1 atom stereocenters. The number of para-hydroxylation sites is 4. The molecule has 0 saturated carbocycles. The minimum absolute atomic E-state index is 0.234. The lowest BCUT2D eigenvalue weighted by Gasteiger charge is -2.55. The third-order valence-corrected chi connectivity index (χ3v) is 16.3. The zero-order valence-electron chi connectivity index (χ0n) is 40.9. The highest BCUT2D eigenvalue weighted by Gasteiger charge is 2.52. The second-order valence-corrected chi connectivity index (χ2v) is 21.3. The van der Waals surface area contributed by atoms with Crippen LogP contribution in [0.1, 0.15) is 81.3 Å². The fourth-order valence-corrected chi connectivity index (χ4v) is 12.5. The van der Waals surface area contributed by atoms with E-state index in [0.717, 1.165) is 23.5 Å². The molecule has 3 heteroatoms. The van der Waals surface area contributed by atoms with Crippen molar-refractivity contribution < 1.29 is 0 Å². The lowest BCUT2D eigenvalue weighted by atomic mass is 9.60. The quantitative estimate of drug-likeness (QED) is 0.150. The van der Waals surface area contributed by atoms with E-state index in [9.17, 15) is 0 Å². The molecular formula is C67H57N3. The highest BCUT2D eigenvalue weighted by Crippen LogP contribution is 2.67. The fraction of sp³-hybridized carbons (Fsp3) is 0.164. The third-order valence-electron chi connectivity index (χ3n) is 16.3. The summed E-state index contributed by atoms with van der Waals surface area (Å²) in [5.41, 5.74) is 22.3. The van der Waals surface area contributed by atoms with Gasteiger partial charge in [-0.15, -0.1) is 0 Å². The number of benzene rings is 9. The lowest BCUT2D eigenvalue weighted by molar-refractivity contribution is 0.567. The van der Waals surface area contributed by atoms with E-state index in [4.69, 9.17) is 0 Å². The van der Waals surface area contributed by atoms with Crippen LogP contribution in [0, 0.1) is 0 Å². The van der Waals surface area contributed by atoms with Crippen molar-refractivity contribution in [2.24, 2.45) is 0 Å². The first-order valence-electron chi connectivity index (χ1n) is 25.0. The molecule has 9 aromatic rings. The van der Waals surface area contributed by atoms with Gasteiger partial charge in [0.2, 0.25) is 0 Å². The molecule has 0 radical (unpaired) electrons. The summed E-state index contributed by atoms with van der Waals surface area (Å²) >= 11 is 0. The van der Waals surface area contributed by atoms with Crippen molar-refractivity contribution in [2.75, 3.05) is 14.7 Å². The number of allylic oxidation sites excluding steroid dienone is 2. The molecule has 3 heterocycles. The van der Waals surface area contributed by atoms with Gasteiger partial charge < -0.3 is 14.7 Å². The first-order valence-corrected chi connectivity index (χ1v) is 25.0. The number of rotatable bonds is 8. The Hall–Kier alpha value is -7.88. The number of hydrogen-bond donors (Lipinski definition) is 0. The molecular weight excluding hydrogens is 847 g/mol. The Morgan fingerprint density at radius 1 is 0.400 bits per heavy atom. The van der Waals surface area contributed by atoms with Crippen LogP contribution in [-0.2, 0) is 16.2 Å². The van der Waals surface area contributed by atoms with E-state index in [2.05, 4.69) is 275 Å². The van der Waals surface area contributed by atoms with E-state index in [-0.39, 0.29) is 22.3 Å². The number of hydrogen-bond acceptors (Lipinski definition) is 3. The standard InChI is InChI=1S/C67H57N3/c1-65(2)55-32-21-33-56-62(55)70-63-57(65)40-45(44-34-36-51(37-35-44)68(47-22-11-7-12-23-47)48-24-13-8-14-25-48)41-58(63)67(5,6)60-43-46(42-59(64(60)70)66(56,3)4)52-38-39-61(54-31-20-19-30-53(52)54)69(49-26-15-9-16-27-49)50-28-17-10-18-29-50/h7-24,26-43,48H,25H2,1-6H3. The van der Waals surface area contributed by atoms with Crippen molar-refractivity contribution in [1.82, 2.24) is 0 Å². The van der Waals surface area contributed by atoms with Crippen LogP contribution in [0.5, 0.6) is 0 Å². The van der Waals surface area contributed by atoms with Crippen molar-refractivity contribution in [3.8, 4) is 22.3 Å². The Morgan fingerprint density at radius 3 is 1.41 bits per heavy atom. The summed E-state index contributed by atoms with van der Waals surface area (Å²) in [5, 5.41) is 2.46. The zero-order valence-corrected chi connectivity index (χ0v) is 40.9. The second kappa shape index (κ2) is 15.6.